The van der Waals surface area contributed by atoms with Crippen molar-refractivity contribution < 1.29 is 13.2 Å². The molecular weight excluding hydrogens is 336 g/mol. The van der Waals surface area contributed by atoms with Crippen LogP contribution in [0.25, 0.3) is 0 Å². The smallest absolute Gasteiger partial charge is 0.241 e. The van der Waals surface area contributed by atoms with Crippen LogP contribution >= 0.6 is 0 Å². The lowest BCUT2D eigenvalue weighted by Gasteiger charge is -2.39. The molecule has 1 aromatic carbocycles. The summed E-state index contributed by atoms with van der Waals surface area (Å²) in [6.07, 6.45) is 6.67. The minimum absolute atomic E-state index is 0.00304. The van der Waals surface area contributed by atoms with Crippen molar-refractivity contribution in [1.82, 2.24) is 9.21 Å². The highest BCUT2D eigenvalue weighted by Crippen LogP contribution is 2.26. The average Bonchev–Trinajstić information content (AvgIpc) is 2.62. The van der Waals surface area contributed by atoms with Gasteiger partial charge in [0, 0.05) is 19.6 Å². The Morgan fingerprint density at radius 3 is 2.36 bits per heavy atom. The molecule has 3 rings (SSSR count). The summed E-state index contributed by atoms with van der Waals surface area (Å²) in [7, 11) is -3.32. The Morgan fingerprint density at radius 1 is 1.04 bits per heavy atom. The van der Waals surface area contributed by atoms with Crippen molar-refractivity contribution in [2.24, 2.45) is 5.92 Å². The number of nitrogens with zero attached hydrogens (tertiary/aromatic N) is 2. The Bertz CT molecular complexity index is 682. The first-order valence-electron chi connectivity index (χ1n) is 9.24. The molecule has 2 fully saturated rings. The van der Waals surface area contributed by atoms with Crippen LogP contribution in [0, 0.1) is 5.92 Å². The molecule has 25 heavy (non-hydrogen) atoms. The van der Waals surface area contributed by atoms with Crippen LogP contribution in [0.3, 0.4) is 0 Å². The zero-order valence-electron chi connectivity index (χ0n) is 14.9. The number of benzene rings is 1. The van der Waals surface area contributed by atoms with Crippen molar-refractivity contribution in [2.75, 3.05) is 25.9 Å². The molecule has 0 spiro atoms. The lowest BCUT2D eigenvalue weighted by Crippen LogP contribution is -2.54. The molecule has 1 aromatic rings. The van der Waals surface area contributed by atoms with Gasteiger partial charge < -0.3 is 4.90 Å². The van der Waals surface area contributed by atoms with E-state index in [9.17, 15) is 13.2 Å². The molecule has 0 bridgehead atoms. The van der Waals surface area contributed by atoms with Gasteiger partial charge >= 0.3 is 0 Å². The van der Waals surface area contributed by atoms with Crippen LogP contribution < -0.4 is 0 Å². The topological polar surface area (TPSA) is 57.7 Å². The zero-order chi connectivity index (χ0) is 17.9. The van der Waals surface area contributed by atoms with E-state index in [1.165, 1.54) is 16.1 Å². The van der Waals surface area contributed by atoms with Gasteiger partial charge in [-0.15, -0.1) is 0 Å². The minimum atomic E-state index is -3.32. The number of amides is 1. The van der Waals surface area contributed by atoms with E-state index in [4.69, 9.17) is 0 Å². The van der Waals surface area contributed by atoms with E-state index in [1.54, 1.807) is 0 Å². The number of carbonyl (C=O) groups excluding carboxylic acids is 1. The molecule has 0 aliphatic carbocycles. The van der Waals surface area contributed by atoms with Crippen LogP contribution in [0.1, 0.15) is 37.7 Å². The summed E-state index contributed by atoms with van der Waals surface area (Å²) in [5.74, 6) is 0.604. The van der Waals surface area contributed by atoms with Gasteiger partial charge in [0.15, 0.2) is 0 Å². The molecule has 2 aliphatic heterocycles. The first kappa shape index (κ1) is 18.4. The number of piperidine rings is 2. The molecule has 0 aromatic heterocycles. The van der Waals surface area contributed by atoms with Crippen molar-refractivity contribution in [1.29, 1.82) is 0 Å². The van der Waals surface area contributed by atoms with Crippen molar-refractivity contribution in [3.05, 3.63) is 35.9 Å². The number of hydrogen-bond acceptors (Lipinski definition) is 3. The average molecular weight is 365 g/mol. The normalized spacial score (nSPS) is 23.6. The van der Waals surface area contributed by atoms with Gasteiger partial charge in [-0.1, -0.05) is 36.8 Å². The van der Waals surface area contributed by atoms with E-state index in [2.05, 4.69) is 24.3 Å². The summed E-state index contributed by atoms with van der Waals surface area (Å²) in [5.41, 5.74) is 1.35. The van der Waals surface area contributed by atoms with E-state index in [-0.39, 0.29) is 5.91 Å². The van der Waals surface area contributed by atoms with E-state index in [1.807, 2.05) is 11.0 Å². The molecule has 6 heteroatoms. The monoisotopic (exact) mass is 364 g/mol. The maximum absolute atomic E-state index is 12.9. The molecule has 1 unspecified atom stereocenters. The summed E-state index contributed by atoms with van der Waals surface area (Å²) in [5, 5.41) is 0. The van der Waals surface area contributed by atoms with Crippen LogP contribution in [0.2, 0.25) is 0 Å². The molecule has 1 atom stereocenters. The van der Waals surface area contributed by atoms with E-state index in [0.717, 1.165) is 45.2 Å². The van der Waals surface area contributed by atoms with Gasteiger partial charge in [0.05, 0.1) is 6.26 Å². The molecule has 0 radical (unpaired) electrons. The molecule has 1 amide bonds. The Hall–Kier alpha value is -1.40. The Labute approximate surface area is 151 Å². The molecule has 0 saturated carbocycles. The lowest BCUT2D eigenvalue weighted by molar-refractivity contribution is -0.137. The largest absolute Gasteiger partial charge is 0.341 e. The highest BCUT2D eigenvalue weighted by molar-refractivity contribution is 7.88. The SMILES string of the molecule is CS(=O)(=O)N1CCCCC1C(=O)N1CCC(Cc2ccccc2)CC1. The standard InChI is InChI=1S/C19H28N2O3S/c1-25(23,24)21-12-6-5-9-18(21)19(22)20-13-10-17(11-14-20)15-16-7-3-2-4-8-16/h2-4,7-8,17-18H,5-6,9-15H2,1H3. The van der Waals surface area contributed by atoms with Gasteiger partial charge in [-0.3, -0.25) is 4.79 Å². The van der Waals surface area contributed by atoms with Crippen LogP contribution in [0.15, 0.2) is 30.3 Å². The number of hydrogen-bond donors (Lipinski definition) is 0. The van der Waals surface area contributed by atoms with Gasteiger partial charge in [-0.25, -0.2) is 8.42 Å². The third-order valence-electron chi connectivity index (χ3n) is 5.46. The fraction of sp³-hybridized carbons (Fsp3) is 0.632. The first-order chi connectivity index (χ1) is 11.9. The summed E-state index contributed by atoms with van der Waals surface area (Å²) >= 11 is 0. The van der Waals surface area contributed by atoms with Crippen LogP contribution in [-0.4, -0.2) is 55.5 Å². The fourth-order valence-corrected chi connectivity index (χ4v) is 5.18. The molecule has 2 heterocycles. The molecule has 0 N–H and O–H groups in total. The first-order valence-corrected chi connectivity index (χ1v) is 11.1. The summed E-state index contributed by atoms with van der Waals surface area (Å²) in [6, 6.07) is 9.98. The minimum Gasteiger partial charge on any atom is -0.341 e. The van der Waals surface area contributed by atoms with Crippen LogP contribution in [-0.2, 0) is 21.2 Å². The van der Waals surface area contributed by atoms with Crippen molar-refractivity contribution in [3.8, 4) is 0 Å². The second kappa shape index (κ2) is 7.87. The van der Waals surface area contributed by atoms with Gasteiger partial charge in [0.1, 0.15) is 6.04 Å². The Kier molecular flexibility index (Phi) is 5.79. The zero-order valence-corrected chi connectivity index (χ0v) is 15.7. The molecular formula is C19H28N2O3S. The van der Waals surface area contributed by atoms with Gasteiger partial charge in [0.25, 0.3) is 0 Å². The summed E-state index contributed by atoms with van der Waals surface area (Å²) in [4.78, 5) is 14.8. The second-order valence-electron chi connectivity index (χ2n) is 7.34. The molecule has 138 valence electrons. The third-order valence-corrected chi connectivity index (χ3v) is 6.75. The van der Waals surface area contributed by atoms with Crippen molar-refractivity contribution in [3.63, 3.8) is 0 Å². The maximum atomic E-state index is 12.9. The molecule has 2 aliphatic rings. The second-order valence-corrected chi connectivity index (χ2v) is 9.28. The van der Waals surface area contributed by atoms with Crippen LogP contribution in [0.5, 0.6) is 0 Å². The summed E-state index contributed by atoms with van der Waals surface area (Å²) in [6.45, 7) is 1.95. The summed E-state index contributed by atoms with van der Waals surface area (Å²) < 4.78 is 25.4. The van der Waals surface area contributed by atoms with Crippen molar-refractivity contribution in [2.45, 2.75) is 44.6 Å². The lowest BCUT2D eigenvalue weighted by atomic mass is 9.89. The predicted octanol–water partition coefficient (Wildman–Crippen LogP) is 2.28. The Balaban J connectivity index is 1.57. The number of rotatable bonds is 4. The number of carbonyl (C=O) groups is 1. The predicted molar refractivity (Wildman–Crippen MR) is 98.6 cm³/mol. The highest BCUT2D eigenvalue weighted by atomic mass is 32.2. The van der Waals surface area contributed by atoms with Crippen LogP contribution in [0.4, 0.5) is 0 Å². The quantitative estimate of drug-likeness (QED) is 0.824. The Morgan fingerprint density at radius 2 is 1.72 bits per heavy atom. The van der Waals surface area contributed by atoms with E-state index >= 15 is 0 Å². The van der Waals surface area contributed by atoms with Gasteiger partial charge in [0.2, 0.25) is 15.9 Å². The molecule has 5 nitrogen and oxygen atoms in total. The number of likely N-dealkylation sites (tertiary alicyclic amines) is 1. The van der Waals surface area contributed by atoms with Crippen molar-refractivity contribution >= 4 is 15.9 Å². The van der Waals surface area contributed by atoms with E-state index < -0.39 is 16.1 Å². The number of sulfonamides is 1. The fourth-order valence-electron chi connectivity index (χ4n) is 4.06. The maximum Gasteiger partial charge on any atom is 0.241 e. The highest BCUT2D eigenvalue weighted by Gasteiger charge is 2.37. The van der Waals surface area contributed by atoms with Gasteiger partial charge in [-0.2, -0.15) is 4.31 Å². The molecule has 2 saturated heterocycles. The van der Waals surface area contributed by atoms with Gasteiger partial charge in [-0.05, 0) is 43.6 Å². The van der Waals surface area contributed by atoms with E-state index in [0.29, 0.717) is 18.9 Å². The third kappa shape index (κ3) is 4.61.